The minimum absolute atomic E-state index is 0.110. The summed E-state index contributed by atoms with van der Waals surface area (Å²) in [6.45, 7) is 7.59. The molecule has 0 bridgehead atoms. The number of hydrogen-bond donors (Lipinski definition) is 1. The first kappa shape index (κ1) is 19.1. The molecule has 1 atom stereocenters. The minimum atomic E-state index is -0.283. The van der Waals surface area contributed by atoms with Crippen LogP contribution in [0, 0.1) is 0 Å². The molecule has 0 unspecified atom stereocenters. The first-order valence-corrected chi connectivity index (χ1v) is 8.69. The molecule has 0 aliphatic heterocycles. The third-order valence-electron chi connectivity index (χ3n) is 3.09. The molecule has 0 aliphatic rings. The number of nitrogens with zero attached hydrogens (tertiary/aromatic N) is 1. The second kappa shape index (κ2) is 9.22. The van der Waals surface area contributed by atoms with Crippen LogP contribution in [0.3, 0.4) is 0 Å². The number of methoxy groups -OCH3 is 1. The Kier molecular flexibility index (Phi) is 8.00. The monoisotopic (exact) mass is 360 g/mol. The Labute approximate surface area is 146 Å². The molecule has 0 saturated carbocycles. The molecule has 0 heterocycles. The standard InChI is InChI=1S/C15H21ClN2O2S2/c1-5-18(6-2)15(21)22-10(3)14(19)17-11-7-8-13(20-4)12(16)9-11/h7-10H,5-6H2,1-4H3,(H,17,19)/t10-/m1/s1. The summed E-state index contributed by atoms with van der Waals surface area (Å²) in [5.41, 5.74) is 0.636. The highest BCUT2D eigenvalue weighted by molar-refractivity contribution is 8.23. The van der Waals surface area contributed by atoms with Crippen LogP contribution in [0.1, 0.15) is 20.8 Å². The summed E-state index contributed by atoms with van der Waals surface area (Å²) in [7, 11) is 1.55. The summed E-state index contributed by atoms with van der Waals surface area (Å²) in [4.78, 5) is 14.3. The predicted octanol–water partition coefficient (Wildman–Crippen LogP) is 4.04. The van der Waals surface area contributed by atoms with Crippen molar-refractivity contribution in [2.75, 3.05) is 25.5 Å². The van der Waals surface area contributed by atoms with Crippen molar-refractivity contribution in [2.45, 2.75) is 26.0 Å². The summed E-state index contributed by atoms with van der Waals surface area (Å²) < 4.78 is 5.82. The third-order valence-corrected chi connectivity index (χ3v) is 4.96. The van der Waals surface area contributed by atoms with Gasteiger partial charge in [-0.3, -0.25) is 4.79 Å². The fraction of sp³-hybridized carbons (Fsp3) is 0.467. The van der Waals surface area contributed by atoms with Gasteiger partial charge in [0.1, 0.15) is 10.1 Å². The number of hydrogen-bond acceptors (Lipinski definition) is 4. The minimum Gasteiger partial charge on any atom is -0.495 e. The molecule has 4 nitrogen and oxygen atoms in total. The number of ether oxygens (including phenoxy) is 1. The molecular formula is C15H21ClN2O2S2. The summed E-state index contributed by atoms with van der Waals surface area (Å²) in [6, 6.07) is 5.14. The van der Waals surface area contributed by atoms with Crippen LogP contribution >= 0.6 is 35.6 Å². The third kappa shape index (κ3) is 5.34. The normalized spacial score (nSPS) is 11.7. The lowest BCUT2D eigenvalue weighted by molar-refractivity contribution is -0.115. The van der Waals surface area contributed by atoms with E-state index in [1.54, 1.807) is 25.3 Å². The molecule has 0 aromatic heterocycles. The lowest BCUT2D eigenvalue weighted by Crippen LogP contribution is -2.31. The van der Waals surface area contributed by atoms with Crippen LogP contribution in [0.25, 0.3) is 0 Å². The number of anilines is 1. The molecule has 1 amide bonds. The molecule has 0 fully saturated rings. The number of thiocarbonyl (C=S) groups is 1. The van der Waals surface area contributed by atoms with E-state index in [4.69, 9.17) is 28.6 Å². The number of carbonyl (C=O) groups excluding carboxylic acids is 1. The number of rotatable bonds is 6. The highest BCUT2D eigenvalue weighted by atomic mass is 35.5. The van der Waals surface area contributed by atoms with Crippen LogP contribution in [-0.4, -0.2) is 40.6 Å². The van der Waals surface area contributed by atoms with Crippen molar-refractivity contribution >= 4 is 51.5 Å². The Morgan fingerprint density at radius 2 is 2.09 bits per heavy atom. The maximum Gasteiger partial charge on any atom is 0.237 e. The van der Waals surface area contributed by atoms with Gasteiger partial charge in [0.2, 0.25) is 5.91 Å². The second-order valence-electron chi connectivity index (χ2n) is 4.54. The van der Waals surface area contributed by atoms with Gasteiger partial charge in [-0.1, -0.05) is 35.6 Å². The van der Waals surface area contributed by atoms with E-state index in [1.165, 1.54) is 11.8 Å². The molecule has 1 aromatic carbocycles. The lowest BCUT2D eigenvalue weighted by Gasteiger charge is -2.23. The Bertz CT molecular complexity index is 536. The van der Waals surface area contributed by atoms with Crippen LogP contribution < -0.4 is 10.1 Å². The Hall–Kier alpha value is -0.980. The molecule has 0 saturated heterocycles. The largest absolute Gasteiger partial charge is 0.495 e. The maximum absolute atomic E-state index is 12.2. The molecule has 0 radical (unpaired) electrons. The number of benzene rings is 1. The average molecular weight is 361 g/mol. The summed E-state index contributed by atoms with van der Waals surface area (Å²) >= 11 is 12.8. The zero-order valence-corrected chi connectivity index (χ0v) is 15.6. The zero-order valence-electron chi connectivity index (χ0n) is 13.2. The quantitative estimate of drug-likeness (QED) is 0.775. The van der Waals surface area contributed by atoms with Crippen LogP contribution in [0.4, 0.5) is 5.69 Å². The molecule has 7 heteroatoms. The van der Waals surface area contributed by atoms with Crippen molar-refractivity contribution in [1.82, 2.24) is 4.90 Å². The van der Waals surface area contributed by atoms with E-state index in [9.17, 15) is 4.79 Å². The molecule has 22 heavy (non-hydrogen) atoms. The molecule has 1 aromatic rings. The summed E-state index contributed by atoms with van der Waals surface area (Å²) in [5.74, 6) is 0.463. The molecule has 0 spiro atoms. The first-order chi connectivity index (χ1) is 10.4. The Balaban J connectivity index is 2.64. The second-order valence-corrected chi connectivity index (χ2v) is 6.92. The average Bonchev–Trinajstić information content (AvgIpc) is 2.48. The molecule has 122 valence electrons. The van der Waals surface area contributed by atoms with Gasteiger partial charge in [0.05, 0.1) is 17.4 Å². The SMILES string of the molecule is CCN(CC)C(=S)S[C@H](C)C(=O)Nc1ccc(OC)c(Cl)c1. The molecule has 0 aliphatic carbocycles. The van der Waals surface area contributed by atoms with Gasteiger partial charge in [0, 0.05) is 18.8 Å². The van der Waals surface area contributed by atoms with E-state index in [2.05, 4.69) is 5.32 Å². The van der Waals surface area contributed by atoms with Gasteiger partial charge in [-0.2, -0.15) is 0 Å². The van der Waals surface area contributed by atoms with Gasteiger partial charge in [0.15, 0.2) is 0 Å². The highest BCUT2D eigenvalue weighted by Gasteiger charge is 2.18. The van der Waals surface area contributed by atoms with E-state index in [0.29, 0.717) is 16.5 Å². The van der Waals surface area contributed by atoms with Crippen LogP contribution in [0.15, 0.2) is 18.2 Å². The van der Waals surface area contributed by atoms with Gasteiger partial charge >= 0.3 is 0 Å². The number of thioether (sulfide) groups is 1. The first-order valence-electron chi connectivity index (χ1n) is 7.02. The van der Waals surface area contributed by atoms with Crippen LogP contribution in [0.5, 0.6) is 5.75 Å². The zero-order chi connectivity index (χ0) is 16.7. The summed E-state index contributed by atoms with van der Waals surface area (Å²) in [6.07, 6.45) is 0. The topological polar surface area (TPSA) is 41.6 Å². The van der Waals surface area contributed by atoms with E-state index in [0.717, 1.165) is 17.4 Å². The van der Waals surface area contributed by atoms with Gasteiger partial charge in [-0.25, -0.2) is 0 Å². The number of amides is 1. The van der Waals surface area contributed by atoms with Crippen LogP contribution in [-0.2, 0) is 4.79 Å². The maximum atomic E-state index is 12.2. The summed E-state index contributed by atoms with van der Waals surface area (Å²) in [5, 5.41) is 3.01. The Morgan fingerprint density at radius 3 is 2.59 bits per heavy atom. The molecule has 1 rings (SSSR count). The lowest BCUT2D eigenvalue weighted by atomic mass is 10.3. The number of nitrogens with one attached hydrogen (secondary N) is 1. The van der Waals surface area contributed by atoms with Crippen molar-refractivity contribution in [3.05, 3.63) is 23.2 Å². The van der Waals surface area contributed by atoms with Crippen molar-refractivity contribution < 1.29 is 9.53 Å². The van der Waals surface area contributed by atoms with Gasteiger partial charge in [-0.15, -0.1) is 0 Å². The smallest absolute Gasteiger partial charge is 0.237 e. The highest BCUT2D eigenvalue weighted by Crippen LogP contribution is 2.27. The van der Waals surface area contributed by atoms with E-state index in [-0.39, 0.29) is 11.2 Å². The van der Waals surface area contributed by atoms with Crippen LogP contribution in [0.2, 0.25) is 5.02 Å². The van der Waals surface area contributed by atoms with Gasteiger partial charge in [0.25, 0.3) is 0 Å². The van der Waals surface area contributed by atoms with Crippen molar-refractivity contribution in [2.24, 2.45) is 0 Å². The van der Waals surface area contributed by atoms with Gasteiger partial charge < -0.3 is 15.0 Å². The number of carbonyl (C=O) groups is 1. The van der Waals surface area contributed by atoms with Crippen molar-refractivity contribution in [3.63, 3.8) is 0 Å². The predicted molar refractivity (Wildman–Crippen MR) is 99.2 cm³/mol. The molecular weight excluding hydrogens is 340 g/mol. The fourth-order valence-corrected chi connectivity index (χ4v) is 3.57. The fourth-order valence-electron chi connectivity index (χ4n) is 1.75. The van der Waals surface area contributed by atoms with Crippen molar-refractivity contribution in [1.29, 1.82) is 0 Å². The molecule has 1 N–H and O–H groups in total. The van der Waals surface area contributed by atoms with E-state index < -0.39 is 0 Å². The van der Waals surface area contributed by atoms with Gasteiger partial charge in [-0.05, 0) is 39.0 Å². The number of halogens is 1. The van der Waals surface area contributed by atoms with E-state index in [1.807, 2.05) is 25.7 Å². The Morgan fingerprint density at radius 1 is 1.45 bits per heavy atom. The van der Waals surface area contributed by atoms with E-state index >= 15 is 0 Å². The van der Waals surface area contributed by atoms with Crippen molar-refractivity contribution in [3.8, 4) is 5.75 Å².